The van der Waals surface area contributed by atoms with Crippen LogP contribution < -0.4 is 15.2 Å². The van der Waals surface area contributed by atoms with E-state index in [1.54, 1.807) is 25.1 Å². The first kappa shape index (κ1) is 11.4. The topological polar surface area (TPSA) is 75.2 Å². The largest absolute Gasteiger partial charge is 0.497 e. The van der Waals surface area contributed by atoms with E-state index in [2.05, 4.69) is 10.3 Å². The highest BCUT2D eigenvalue weighted by molar-refractivity contribution is 5.50. The number of aromatic nitrogens is 3. The zero-order valence-corrected chi connectivity index (χ0v) is 9.75. The number of nitrogens with zero attached hydrogens (tertiary/aromatic N) is 3. The molecule has 1 aromatic heterocycles. The predicted molar refractivity (Wildman–Crippen MR) is 62.4 cm³/mol. The summed E-state index contributed by atoms with van der Waals surface area (Å²) < 4.78 is 12.0. The molecule has 0 atom stereocenters. The van der Waals surface area contributed by atoms with Gasteiger partial charge in [-0.2, -0.15) is 0 Å². The Labute approximate surface area is 98.9 Å². The van der Waals surface area contributed by atoms with E-state index in [1.807, 2.05) is 18.2 Å². The maximum absolute atomic E-state index is 5.50. The van der Waals surface area contributed by atoms with E-state index in [1.165, 1.54) is 0 Å². The summed E-state index contributed by atoms with van der Waals surface area (Å²) >= 11 is 0. The summed E-state index contributed by atoms with van der Waals surface area (Å²) in [5.74, 6) is 1.42. The van der Waals surface area contributed by atoms with Crippen molar-refractivity contribution >= 4 is 0 Å². The molecule has 0 aliphatic rings. The van der Waals surface area contributed by atoms with Gasteiger partial charge in [0, 0.05) is 12.6 Å². The number of nitrogens with two attached hydrogens (primary N) is 1. The van der Waals surface area contributed by atoms with Crippen molar-refractivity contribution in [3.8, 4) is 17.2 Å². The van der Waals surface area contributed by atoms with Crippen LogP contribution in [0.1, 0.15) is 5.69 Å². The second kappa shape index (κ2) is 4.84. The summed E-state index contributed by atoms with van der Waals surface area (Å²) in [5.41, 5.74) is 6.98. The quantitative estimate of drug-likeness (QED) is 0.844. The van der Waals surface area contributed by atoms with Crippen LogP contribution in [0.15, 0.2) is 24.4 Å². The molecule has 0 saturated carbocycles. The zero-order valence-electron chi connectivity index (χ0n) is 9.75. The molecular formula is C11H14N4O2. The predicted octanol–water partition coefficient (Wildman–Crippen LogP) is 0.743. The van der Waals surface area contributed by atoms with Crippen LogP contribution in [0.2, 0.25) is 0 Å². The Bertz CT molecular complexity index is 510. The SMILES string of the molecule is COc1ccc(OC)c(-n2cc(CN)nn2)c1. The maximum Gasteiger partial charge on any atom is 0.144 e. The molecule has 2 N–H and O–H groups in total. The molecule has 0 amide bonds. The molecule has 1 heterocycles. The minimum atomic E-state index is 0.353. The number of ether oxygens (including phenoxy) is 2. The van der Waals surface area contributed by atoms with Crippen molar-refractivity contribution in [2.75, 3.05) is 14.2 Å². The average Bonchev–Trinajstić information content (AvgIpc) is 2.86. The molecule has 0 fully saturated rings. The van der Waals surface area contributed by atoms with Crippen molar-refractivity contribution in [1.29, 1.82) is 0 Å². The highest BCUT2D eigenvalue weighted by atomic mass is 16.5. The summed E-state index contributed by atoms with van der Waals surface area (Å²) in [6.07, 6.45) is 1.76. The molecule has 0 saturated heterocycles. The van der Waals surface area contributed by atoms with E-state index in [-0.39, 0.29) is 0 Å². The van der Waals surface area contributed by atoms with Gasteiger partial charge in [-0.1, -0.05) is 5.21 Å². The van der Waals surface area contributed by atoms with Crippen LogP contribution in [-0.4, -0.2) is 29.2 Å². The van der Waals surface area contributed by atoms with E-state index in [4.69, 9.17) is 15.2 Å². The standard InChI is InChI=1S/C11H14N4O2/c1-16-9-3-4-11(17-2)10(5-9)15-7-8(6-12)13-14-15/h3-5,7H,6,12H2,1-2H3. The van der Waals surface area contributed by atoms with Gasteiger partial charge in [-0.3, -0.25) is 0 Å². The molecule has 2 aromatic rings. The Morgan fingerprint density at radius 3 is 2.71 bits per heavy atom. The van der Waals surface area contributed by atoms with Crippen LogP contribution in [0.25, 0.3) is 5.69 Å². The third kappa shape index (κ3) is 2.21. The third-order valence-electron chi connectivity index (χ3n) is 2.38. The monoisotopic (exact) mass is 234 g/mol. The molecule has 2 rings (SSSR count). The van der Waals surface area contributed by atoms with Gasteiger partial charge in [0.25, 0.3) is 0 Å². The first-order valence-corrected chi connectivity index (χ1v) is 5.12. The number of methoxy groups -OCH3 is 2. The van der Waals surface area contributed by atoms with Gasteiger partial charge in [0.05, 0.1) is 26.1 Å². The number of benzene rings is 1. The molecule has 0 aliphatic carbocycles. The van der Waals surface area contributed by atoms with Gasteiger partial charge in [-0.15, -0.1) is 5.10 Å². The summed E-state index contributed by atoms with van der Waals surface area (Å²) in [7, 11) is 3.21. The summed E-state index contributed by atoms with van der Waals surface area (Å²) in [6, 6.07) is 5.47. The molecule has 0 spiro atoms. The van der Waals surface area contributed by atoms with Crippen LogP contribution in [0, 0.1) is 0 Å². The Kier molecular flexibility index (Phi) is 3.24. The second-order valence-electron chi connectivity index (χ2n) is 3.40. The van der Waals surface area contributed by atoms with Crippen LogP contribution in [0.3, 0.4) is 0 Å². The van der Waals surface area contributed by atoms with E-state index < -0.39 is 0 Å². The van der Waals surface area contributed by atoms with Crippen molar-refractivity contribution < 1.29 is 9.47 Å². The number of hydrogen-bond donors (Lipinski definition) is 1. The van der Waals surface area contributed by atoms with Gasteiger partial charge in [0.1, 0.15) is 17.2 Å². The summed E-state index contributed by atoms with van der Waals surface area (Å²) in [5, 5.41) is 7.93. The smallest absolute Gasteiger partial charge is 0.144 e. The lowest BCUT2D eigenvalue weighted by molar-refractivity contribution is 0.400. The highest BCUT2D eigenvalue weighted by Gasteiger charge is 2.09. The number of rotatable bonds is 4. The summed E-state index contributed by atoms with van der Waals surface area (Å²) in [6.45, 7) is 0.353. The van der Waals surface area contributed by atoms with Gasteiger partial charge in [-0.25, -0.2) is 4.68 Å². The Morgan fingerprint density at radius 2 is 2.12 bits per heavy atom. The molecule has 0 unspecified atom stereocenters. The van der Waals surface area contributed by atoms with Crippen LogP contribution in [0.5, 0.6) is 11.5 Å². The average molecular weight is 234 g/mol. The lowest BCUT2D eigenvalue weighted by Crippen LogP contribution is -1.99. The van der Waals surface area contributed by atoms with Crippen LogP contribution >= 0.6 is 0 Å². The normalized spacial score (nSPS) is 10.3. The Hall–Kier alpha value is -2.08. The second-order valence-corrected chi connectivity index (χ2v) is 3.40. The fourth-order valence-electron chi connectivity index (χ4n) is 1.49. The van der Waals surface area contributed by atoms with Crippen LogP contribution in [-0.2, 0) is 6.54 Å². The van der Waals surface area contributed by atoms with Crippen molar-refractivity contribution in [1.82, 2.24) is 15.0 Å². The third-order valence-corrected chi connectivity index (χ3v) is 2.38. The fraction of sp³-hybridized carbons (Fsp3) is 0.273. The molecule has 0 radical (unpaired) electrons. The zero-order chi connectivity index (χ0) is 12.3. The molecule has 0 bridgehead atoms. The van der Waals surface area contributed by atoms with Gasteiger partial charge in [0.2, 0.25) is 0 Å². The first-order chi connectivity index (χ1) is 8.28. The van der Waals surface area contributed by atoms with Crippen molar-refractivity contribution in [2.24, 2.45) is 5.73 Å². The van der Waals surface area contributed by atoms with E-state index in [0.717, 1.165) is 17.1 Å². The van der Waals surface area contributed by atoms with Gasteiger partial charge < -0.3 is 15.2 Å². The molecule has 17 heavy (non-hydrogen) atoms. The van der Waals surface area contributed by atoms with Crippen molar-refractivity contribution in [3.05, 3.63) is 30.1 Å². The molecule has 6 nitrogen and oxygen atoms in total. The molecule has 0 aliphatic heterocycles. The molecular weight excluding hydrogens is 220 g/mol. The summed E-state index contributed by atoms with van der Waals surface area (Å²) in [4.78, 5) is 0. The van der Waals surface area contributed by atoms with E-state index >= 15 is 0 Å². The minimum absolute atomic E-state index is 0.353. The van der Waals surface area contributed by atoms with Gasteiger partial charge in [0.15, 0.2) is 0 Å². The molecule has 6 heteroatoms. The number of hydrogen-bond acceptors (Lipinski definition) is 5. The van der Waals surface area contributed by atoms with Crippen LogP contribution in [0.4, 0.5) is 0 Å². The van der Waals surface area contributed by atoms with Crippen molar-refractivity contribution in [3.63, 3.8) is 0 Å². The highest BCUT2D eigenvalue weighted by Crippen LogP contribution is 2.26. The van der Waals surface area contributed by atoms with Gasteiger partial charge in [-0.05, 0) is 12.1 Å². The van der Waals surface area contributed by atoms with Crippen molar-refractivity contribution in [2.45, 2.75) is 6.54 Å². The maximum atomic E-state index is 5.50. The lowest BCUT2D eigenvalue weighted by Gasteiger charge is -2.09. The van der Waals surface area contributed by atoms with Gasteiger partial charge >= 0.3 is 0 Å². The lowest BCUT2D eigenvalue weighted by atomic mass is 10.2. The Balaban J connectivity index is 2.47. The fourth-order valence-corrected chi connectivity index (χ4v) is 1.49. The molecule has 1 aromatic carbocycles. The van der Waals surface area contributed by atoms with E-state index in [0.29, 0.717) is 12.3 Å². The molecule has 90 valence electrons. The van der Waals surface area contributed by atoms with E-state index in [9.17, 15) is 0 Å². The Morgan fingerprint density at radius 1 is 1.29 bits per heavy atom. The minimum Gasteiger partial charge on any atom is -0.497 e. The first-order valence-electron chi connectivity index (χ1n) is 5.12.